The molecular weight excluding hydrogens is 289 g/mol. The summed E-state index contributed by atoms with van der Waals surface area (Å²) >= 11 is 0. The van der Waals surface area contributed by atoms with Crippen LogP contribution >= 0.6 is 0 Å². The topological polar surface area (TPSA) is 70.7 Å². The number of carboxylic acids is 1. The van der Waals surface area contributed by atoms with Crippen LogP contribution < -0.4 is 4.90 Å². The Morgan fingerprint density at radius 1 is 1.52 bits per heavy atom. The monoisotopic (exact) mass is 302 g/mol. The lowest BCUT2D eigenvalue weighted by molar-refractivity contribution is -0.141. The lowest BCUT2D eigenvalue weighted by atomic mass is 10.2. The minimum atomic E-state index is -4.55. The van der Waals surface area contributed by atoms with Gasteiger partial charge in [-0.25, -0.2) is 9.50 Å². The first-order valence-corrected chi connectivity index (χ1v) is 6.05. The number of fused-ring (bicyclic) bond motifs is 1. The van der Waals surface area contributed by atoms with Crippen LogP contribution in [-0.2, 0) is 11.0 Å². The second kappa shape index (κ2) is 5.23. The van der Waals surface area contributed by atoms with Crippen LogP contribution in [-0.4, -0.2) is 39.3 Å². The first-order chi connectivity index (χ1) is 9.70. The van der Waals surface area contributed by atoms with Crippen molar-refractivity contribution in [1.29, 1.82) is 0 Å². The van der Waals surface area contributed by atoms with E-state index in [9.17, 15) is 18.0 Å². The number of carboxylic acid groups (broad SMARTS) is 1. The van der Waals surface area contributed by atoms with Crippen molar-refractivity contribution < 1.29 is 23.1 Å². The Kier molecular flexibility index (Phi) is 3.75. The zero-order valence-electron chi connectivity index (χ0n) is 11.3. The van der Waals surface area contributed by atoms with E-state index >= 15 is 0 Å². The van der Waals surface area contributed by atoms with E-state index in [1.165, 1.54) is 24.2 Å². The number of hydrogen-bond donors (Lipinski definition) is 1. The molecular formula is C12H13F3N4O2. The fourth-order valence-corrected chi connectivity index (χ4v) is 1.92. The summed E-state index contributed by atoms with van der Waals surface area (Å²) in [7, 11) is 1.57. The van der Waals surface area contributed by atoms with Crippen molar-refractivity contribution >= 4 is 17.3 Å². The summed E-state index contributed by atoms with van der Waals surface area (Å²) in [6, 6.07) is 0.893. The zero-order chi connectivity index (χ0) is 15.8. The molecule has 0 aliphatic heterocycles. The summed E-state index contributed by atoms with van der Waals surface area (Å²) in [5, 5.41) is 12.3. The first-order valence-electron chi connectivity index (χ1n) is 6.05. The summed E-state index contributed by atoms with van der Waals surface area (Å²) < 4.78 is 39.1. The molecule has 0 aromatic carbocycles. The standard InChI is InChI=1S/C12H13F3N4O2/c1-7(11(20)21)6-18(2)10-8-5-9(12(13,14)15)17-19(8)4-3-16-10/h3-5,7H,6H2,1-2H3,(H,20,21). The van der Waals surface area contributed by atoms with Crippen molar-refractivity contribution in [2.45, 2.75) is 13.1 Å². The Labute approximate surface area is 117 Å². The highest BCUT2D eigenvalue weighted by Gasteiger charge is 2.34. The van der Waals surface area contributed by atoms with Crippen LogP contribution in [0.15, 0.2) is 18.5 Å². The molecule has 0 radical (unpaired) electrons. The number of aliphatic carboxylic acids is 1. The third-order valence-corrected chi connectivity index (χ3v) is 2.99. The van der Waals surface area contributed by atoms with Crippen LogP contribution in [0.2, 0.25) is 0 Å². The highest BCUT2D eigenvalue weighted by Crippen LogP contribution is 2.30. The van der Waals surface area contributed by atoms with E-state index in [0.717, 1.165) is 10.6 Å². The molecule has 6 nitrogen and oxygen atoms in total. The van der Waals surface area contributed by atoms with Crippen molar-refractivity contribution in [3.8, 4) is 0 Å². The minimum absolute atomic E-state index is 0.120. The number of aromatic nitrogens is 3. The van der Waals surface area contributed by atoms with Gasteiger partial charge in [-0.2, -0.15) is 18.3 Å². The van der Waals surface area contributed by atoms with Crippen LogP contribution in [0.5, 0.6) is 0 Å². The second-order valence-electron chi connectivity index (χ2n) is 4.73. The molecule has 2 heterocycles. The molecule has 1 unspecified atom stereocenters. The molecule has 0 saturated heterocycles. The highest BCUT2D eigenvalue weighted by molar-refractivity contribution is 5.72. The van der Waals surface area contributed by atoms with E-state index in [0.29, 0.717) is 0 Å². The first kappa shape index (κ1) is 15.1. The molecule has 21 heavy (non-hydrogen) atoms. The average Bonchev–Trinajstić information content (AvgIpc) is 2.81. The largest absolute Gasteiger partial charge is 0.481 e. The van der Waals surface area contributed by atoms with Gasteiger partial charge in [-0.1, -0.05) is 6.92 Å². The smallest absolute Gasteiger partial charge is 0.435 e. The van der Waals surface area contributed by atoms with Crippen LogP contribution in [0.1, 0.15) is 12.6 Å². The van der Waals surface area contributed by atoms with E-state index in [1.807, 2.05) is 0 Å². The molecule has 0 aliphatic carbocycles. The number of halogens is 3. The Bertz CT molecular complexity index is 668. The molecule has 0 spiro atoms. The predicted octanol–water partition coefficient (Wildman–Crippen LogP) is 1.91. The Morgan fingerprint density at radius 3 is 2.76 bits per heavy atom. The summed E-state index contributed by atoms with van der Waals surface area (Å²) in [6.45, 7) is 1.63. The van der Waals surface area contributed by atoms with E-state index in [2.05, 4.69) is 10.1 Å². The van der Waals surface area contributed by atoms with Gasteiger partial charge in [-0.05, 0) is 0 Å². The molecule has 2 aromatic rings. The quantitative estimate of drug-likeness (QED) is 0.934. The fourth-order valence-electron chi connectivity index (χ4n) is 1.92. The van der Waals surface area contributed by atoms with Gasteiger partial charge in [-0.3, -0.25) is 4.79 Å². The van der Waals surface area contributed by atoms with Crippen molar-refractivity contribution in [1.82, 2.24) is 14.6 Å². The maximum Gasteiger partial charge on any atom is 0.435 e. The van der Waals surface area contributed by atoms with Crippen molar-refractivity contribution in [3.63, 3.8) is 0 Å². The van der Waals surface area contributed by atoms with Gasteiger partial charge in [0.2, 0.25) is 0 Å². The van der Waals surface area contributed by atoms with Crippen LogP contribution in [0.4, 0.5) is 19.0 Å². The predicted molar refractivity (Wildman–Crippen MR) is 68.1 cm³/mol. The molecule has 2 rings (SSSR count). The van der Waals surface area contributed by atoms with Gasteiger partial charge in [0.25, 0.3) is 0 Å². The van der Waals surface area contributed by atoms with Crippen LogP contribution in [0.25, 0.3) is 5.52 Å². The maximum absolute atomic E-state index is 12.7. The van der Waals surface area contributed by atoms with Gasteiger partial charge in [0.05, 0.1) is 5.92 Å². The van der Waals surface area contributed by atoms with Crippen molar-refractivity contribution in [3.05, 3.63) is 24.2 Å². The summed E-state index contributed by atoms with van der Waals surface area (Å²) in [5.41, 5.74) is -0.846. The zero-order valence-corrected chi connectivity index (χ0v) is 11.3. The van der Waals surface area contributed by atoms with E-state index in [1.54, 1.807) is 7.05 Å². The minimum Gasteiger partial charge on any atom is -0.481 e. The fraction of sp³-hybridized carbons (Fsp3) is 0.417. The van der Waals surface area contributed by atoms with E-state index in [-0.39, 0.29) is 17.9 Å². The Hall–Kier alpha value is -2.32. The molecule has 1 N–H and O–H groups in total. The Balaban J connectivity index is 2.40. The van der Waals surface area contributed by atoms with Crippen molar-refractivity contribution in [2.24, 2.45) is 5.92 Å². The lowest BCUT2D eigenvalue weighted by Gasteiger charge is -2.20. The number of nitrogens with zero attached hydrogens (tertiary/aromatic N) is 4. The normalized spacial score (nSPS) is 13.4. The highest BCUT2D eigenvalue weighted by atomic mass is 19.4. The number of hydrogen-bond acceptors (Lipinski definition) is 4. The Morgan fingerprint density at radius 2 is 2.19 bits per heavy atom. The second-order valence-corrected chi connectivity index (χ2v) is 4.73. The molecule has 114 valence electrons. The van der Waals surface area contributed by atoms with Crippen molar-refractivity contribution in [2.75, 3.05) is 18.5 Å². The SMILES string of the molecule is CC(CN(C)c1nccn2nc(C(F)(F)F)cc12)C(=O)O. The van der Waals surface area contributed by atoms with Crippen LogP contribution in [0, 0.1) is 5.92 Å². The maximum atomic E-state index is 12.7. The van der Waals surface area contributed by atoms with E-state index in [4.69, 9.17) is 5.11 Å². The van der Waals surface area contributed by atoms with Gasteiger partial charge < -0.3 is 10.0 Å². The number of anilines is 1. The third kappa shape index (κ3) is 3.06. The molecule has 0 aliphatic rings. The third-order valence-electron chi connectivity index (χ3n) is 2.99. The summed E-state index contributed by atoms with van der Waals surface area (Å²) in [6.07, 6.45) is -1.92. The molecule has 9 heteroatoms. The molecule has 0 fully saturated rings. The summed E-state index contributed by atoms with van der Waals surface area (Å²) in [5.74, 6) is -1.42. The lowest BCUT2D eigenvalue weighted by Crippen LogP contribution is -2.29. The van der Waals surface area contributed by atoms with Gasteiger partial charge in [0, 0.05) is 32.1 Å². The average molecular weight is 302 g/mol. The number of carbonyl (C=O) groups is 1. The molecule has 2 aromatic heterocycles. The molecule has 0 saturated carbocycles. The van der Waals surface area contributed by atoms with Gasteiger partial charge >= 0.3 is 12.1 Å². The van der Waals surface area contributed by atoms with Gasteiger partial charge in [0.1, 0.15) is 5.52 Å². The van der Waals surface area contributed by atoms with Gasteiger partial charge in [0.15, 0.2) is 11.5 Å². The van der Waals surface area contributed by atoms with E-state index < -0.39 is 23.8 Å². The summed E-state index contributed by atoms with van der Waals surface area (Å²) in [4.78, 5) is 16.4. The van der Waals surface area contributed by atoms with Crippen LogP contribution in [0.3, 0.4) is 0 Å². The van der Waals surface area contributed by atoms with Gasteiger partial charge in [-0.15, -0.1) is 0 Å². The number of alkyl halides is 3. The molecule has 0 amide bonds. The molecule has 0 bridgehead atoms. The number of rotatable bonds is 4. The molecule has 1 atom stereocenters.